The molecular weight excluding hydrogens is 300 g/mol. The SMILES string of the molecule is N[C@H]1C(C(=O)OCc2ccccc2)CCCN1Cc1ccccc1. The fourth-order valence-electron chi connectivity index (χ4n) is 3.18. The molecule has 1 unspecified atom stereocenters. The number of benzene rings is 2. The quantitative estimate of drug-likeness (QED) is 0.859. The molecule has 1 fully saturated rings. The highest BCUT2D eigenvalue weighted by Crippen LogP contribution is 2.24. The van der Waals surface area contributed by atoms with Crippen LogP contribution in [-0.2, 0) is 22.7 Å². The van der Waals surface area contributed by atoms with Crippen LogP contribution < -0.4 is 5.73 Å². The van der Waals surface area contributed by atoms with Gasteiger partial charge < -0.3 is 10.5 Å². The number of esters is 1. The van der Waals surface area contributed by atoms with E-state index in [9.17, 15) is 4.79 Å². The topological polar surface area (TPSA) is 55.6 Å². The van der Waals surface area contributed by atoms with Crippen molar-refractivity contribution in [2.24, 2.45) is 11.7 Å². The highest BCUT2D eigenvalue weighted by Gasteiger charge is 2.34. The van der Waals surface area contributed by atoms with Gasteiger partial charge in [0.25, 0.3) is 0 Å². The lowest BCUT2D eigenvalue weighted by Gasteiger charge is -2.37. The molecule has 4 nitrogen and oxygen atoms in total. The van der Waals surface area contributed by atoms with Gasteiger partial charge in [-0.1, -0.05) is 60.7 Å². The van der Waals surface area contributed by atoms with E-state index in [0.29, 0.717) is 6.61 Å². The zero-order valence-corrected chi connectivity index (χ0v) is 13.8. The Bertz CT molecular complexity index is 645. The van der Waals surface area contributed by atoms with Gasteiger partial charge in [0, 0.05) is 13.1 Å². The molecule has 0 bridgehead atoms. The Morgan fingerprint density at radius 3 is 2.33 bits per heavy atom. The van der Waals surface area contributed by atoms with Gasteiger partial charge in [-0.05, 0) is 24.0 Å². The minimum absolute atomic E-state index is 0.191. The number of hydrogen-bond donors (Lipinski definition) is 1. The molecule has 0 spiro atoms. The van der Waals surface area contributed by atoms with Crippen molar-refractivity contribution >= 4 is 5.97 Å². The van der Waals surface area contributed by atoms with Crippen molar-refractivity contribution in [2.45, 2.75) is 32.2 Å². The molecule has 2 aromatic carbocycles. The first kappa shape index (κ1) is 16.7. The maximum atomic E-state index is 12.5. The fraction of sp³-hybridized carbons (Fsp3) is 0.350. The lowest BCUT2D eigenvalue weighted by atomic mass is 9.94. The van der Waals surface area contributed by atoms with Crippen molar-refractivity contribution in [2.75, 3.05) is 6.54 Å². The van der Waals surface area contributed by atoms with Gasteiger partial charge in [-0.3, -0.25) is 9.69 Å². The van der Waals surface area contributed by atoms with E-state index >= 15 is 0 Å². The molecule has 0 aliphatic carbocycles. The van der Waals surface area contributed by atoms with E-state index in [1.165, 1.54) is 5.56 Å². The van der Waals surface area contributed by atoms with Gasteiger partial charge in [0.05, 0.1) is 12.1 Å². The molecule has 126 valence electrons. The first-order chi connectivity index (χ1) is 11.7. The lowest BCUT2D eigenvalue weighted by Crippen LogP contribution is -2.53. The van der Waals surface area contributed by atoms with Crippen LogP contribution in [0.25, 0.3) is 0 Å². The van der Waals surface area contributed by atoms with E-state index in [0.717, 1.165) is 31.5 Å². The summed E-state index contributed by atoms with van der Waals surface area (Å²) in [7, 11) is 0. The van der Waals surface area contributed by atoms with Gasteiger partial charge in [0.2, 0.25) is 0 Å². The van der Waals surface area contributed by atoms with E-state index in [1.54, 1.807) is 0 Å². The van der Waals surface area contributed by atoms with Gasteiger partial charge in [0.1, 0.15) is 6.61 Å². The lowest BCUT2D eigenvalue weighted by molar-refractivity contribution is -0.154. The number of ether oxygens (including phenoxy) is 1. The molecule has 0 saturated carbocycles. The summed E-state index contributed by atoms with van der Waals surface area (Å²) in [4.78, 5) is 14.6. The normalized spacial score (nSPS) is 21.4. The molecule has 1 heterocycles. The molecule has 2 atom stereocenters. The Morgan fingerprint density at radius 1 is 1.04 bits per heavy atom. The van der Waals surface area contributed by atoms with Crippen LogP contribution in [0.2, 0.25) is 0 Å². The molecule has 2 aromatic rings. The summed E-state index contributed by atoms with van der Waals surface area (Å²) in [5, 5.41) is 0. The predicted octanol–water partition coefficient (Wildman–Crippen LogP) is 2.93. The summed E-state index contributed by atoms with van der Waals surface area (Å²) >= 11 is 0. The standard InChI is InChI=1S/C20H24N2O2/c21-19-18(20(23)24-15-17-10-5-2-6-11-17)12-7-13-22(19)14-16-8-3-1-4-9-16/h1-6,8-11,18-19H,7,12-15,21H2/t18?,19-/m1/s1. The summed E-state index contributed by atoms with van der Waals surface area (Å²) in [5.41, 5.74) is 8.58. The van der Waals surface area contributed by atoms with Crippen LogP contribution in [0.5, 0.6) is 0 Å². The Kier molecular flexibility index (Phi) is 5.62. The Hall–Kier alpha value is -2.17. The summed E-state index contributed by atoms with van der Waals surface area (Å²) in [5.74, 6) is -0.449. The average molecular weight is 324 g/mol. The van der Waals surface area contributed by atoms with Crippen LogP contribution in [0.1, 0.15) is 24.0 Å². The summed E-state index contributed by atoms with van der Waals surface area (Å²) in [6.07, 6.45) is 1.47. The summed E-state index contributed by atoms with van der Waals surface area (Å²) in [6, 6.07) is 20.0. The van der Waals surface area contributed by atoms with Crippen LogP contribution in [0, 0.1) is 5.92 Å². The van der Waals surface area contributed by atoms with Crippen LogP contribution >= 0.6 is 0 Å². The second-order valence-electron chi connectivity index (χ2n) is 6.29. The van der Waals surface area contributed by atoms with E-state index in [4.69, 9.17) is 10.5 Å². The van der Waals surface area contributed by atoms with Gasteiger partial charge >= 0.3 is 5.97 Å². The maximum Gasteiger partial charge on any atom is 0.312 e. The van der Waals surface area contributed by atoms with Crippen molar-refractivity contribution in [3.05, 3.63) is 71.8 Å². The molecule has 2 N–H and O–H groups in total. The zero-order valence-electron chi connectivity index (χ0n) is 13.8. The Balaban J connectivity index is 1.57. The Morgan fingerprint density at radius 2 is 1.67 bits per heavy atom. The third-order valence-electron chi connectivity index (χ3n) is 4.55. The molecule has 0 aromatic heterocycles. The van der Waals surface area contributed by atoms with Gasteiger partial charge in [-0.15, -0.1) is 0 Å². The van der Waals surface area contributed by atoms with Crippen molar-refractivity contribution < 1.29 is 9.53 Å². The van der Waals surface area contributed by atoms with Crippen molar-refractivity contribution in [1.82, 2.24) is 4.90 Å². The monoisotopic (exact) mass is 324 g/mol. The number of rotatable bonds is 5. The molecule has 24 heavy (non-hydrogen) atoms. The molecule has 4 heteroatoms. The first-order valence-corrected chi connectivity index (χ1v) is 8.48. The number of nitrogens with two attached hydrogens (primary N) is 1. The number of piperidine rings is 1. The number of carbonyl (C=O) groups excluding carboxylic acids is 1. The third kappa shape index (κ3) is 4.22. The van der Waals surface area contributed by atoms with Crippen LogP contribution in [0.15, 0.2) is 60.7 Å². The van der Waals surface area contributed by atoms with Crippen LogP contribution in [-0.4, -0.2) is 23.6 Å². The van der Waals surface area contributed by atoms with E-state index in [1.807, 2.05) is 48.5 Å². The molecule has 1 aliphatic rings. The largest absolute Gasteiger partial charge is 0.461 e. The molecular formula is C20H24N2O2. The molecule has 0 amide bonds. The fourth-order valence-corrected chi connectivity index (χ4v) is 3.18. The minimum Gasteiger partial charge on any atom is -0.461 e. The van der Waals surface area contributed by atoms with Crippen LogP contribution in [0.3, 0.4) is 0 Å². The zero-order chi connectivity index (χ0) is 16.8. The predicted molar refractivity (Wildman–Crippen MR) is 93.8 cm³/mol. The van der Waals surface area contributed by atoms with Gasteiger partial charge in [-0.25, -0.2) is 0 Å². The number of carbonyl (C=O) groups is 1. The van der Waals surface area contributed by atoms with Gasteiger partial charge in [0.15, 0.2) is 0 Å². The number of nitrogens with zero attached hydrogens (tertiary/aromatic N) is 1. The number of hydrogen-bond acceptors (Lipinski definition) is 4. The van der Waals surface area contributed by atoms with Crippen molar-refractivity contribution in [3.8, 4) is 0 Å². The summed E-state index contributed by atoms with van der Waals surface area (Å²) < 4.78 is 5.49. The molecule has 1 saturated heterocycles. The van der Waals surface area contributed by atoms with E-state index in [2.05, 4.69) is 17.0 Å². The molecule has 1 aliphatic heterocycles. The highest BCUT2D eigenvalue weighted by atomic mass is 16.5. The highest BCUT2D eigenvalue weighted by molar-refractivity contribution is 5.73. The van der Waals surface area contributed by atoms with E-state index < -0.39 is 0 Å². The minimum atomic E-state index is -0.290. The van der Waals surface area contributed by atoms with Crippen molar-refractivity contribution in [1.29, 1.82) is 0 Å². The Labute approximate surface area is 143 Å². The van der Waals surface area contributed by atoms with Crippen LogP contribution in [0.4, 0.5) is 0 Å². The summed E-state index contributed by atoms with van der Waals surface area (Å²) in [6.45, 7) is 1.99. The smallest absolute Gasteiger partial charge is 0.312 e. The van der Waals surface area contributed by atoms with E-state index in [-0.39, 0.29) is 18.1 Å². The molecule has 3 rings (SSSR count). The first-order valence-electron chi connectivity index (χ1n) is 8.48. The second kappa shape index (κ2) is 8.08. The third-order valence-corrected chi connectivity index (χ3v) is 4.55. The van der Waals surface area contributed by atoms with Gasteiger partial charge in [-0.2, -0.15) is 0 Å². The molecule has 0 radical (unpaired) electrons. The average Bonchev–Trinajstić information content (AvgIpc) is 2.63. The second-order valence-corrected chi connectivity index (χ2v) is 6.29. The number of likely N-dealkylation sites (tertiary alicyclic amines) is 1. The van der Waals surface area contributed by atoms with Crippen molar-refractivity contribution in [3.63, 3.8) is 0 Å². The maximum absolute atomic E-state index is 12.5.